The van der Waals surface area contributed by atoms with Gasteiger partial charge in [-0.1, -0.05) is 0 Å². The second-order valence-corrected chi connectivity index (χ2v) is 3.95. The molecule has 0 bridgehead atoms. The Morgan fingerprint density at radius 3 is 2.92 bits per heavy atom. The van der Waals surface area contributed by atoms with Crippen LogP contribution in [-0.2, 0) is 6.54 Å². The Morgan fingerprint density at radius 2 is 2.31 bits per heavy atom. The first-order chi connectivity index (χ1) is 5.84. The summed E-state index contributed by atoms with van der Waals surface area (Å²) in [5, 5.41) is 3.45. The lowest BCUT2D eigenvalue weighted by Gasteiger charge is -2.02. The molecule has 1 aliphatic carbocycles. The molecule has 4 heteroatoms. The molecule has 13 heavy (non-hydrogen) atoms. The minimum atomic E-state index is 0. The first-order valence-corrected chi connectivity index (χ1v) is 4.98. The Bertz CT molecular complexity index is 276. The molecule has 0 atom stereocenters. The van der Waals surface area contributed by atoms with E-state index in [2.05, 4.69) is 32.3 Å². The van der Waals surface area contributed by atoms with E-state index in [1.807, 2.05) is 12.3 Å². The summed E-state index contributed by atoms with van der Waals surface area (Å²) in [7, 11) is 0. The molecule has 0 saturated heterocycles. The fourth-order valence-electron chi connectivity index (χ4n) is 1.10. The standard InChI is InChI=1S/C9H11BrN2.ClH/c10-9-5-7(3-4-11-9)6-12-8-1-2-8;/h3-5,8,12H,1-2,6H2;1H. The minimum Gasteiger partial charge on any atom is -0.310 e. The van der Waals surface area contributed by atoms with Crippen molar-refractivity contribution >= 4 is 28.3 Å². The largest absolute Gasteiger partial charge is 0.310 e. The molecule has 2 nitrogen and oxygen atoms in total. The maximum Gasteiger partial charge on any atom is 0.106 e. The number of pyridine rings is 1. The number of nitrogens with one attached hydrogen (secondary N) is 1. The quantitative estimate of drug-likeness (QED) is 0.848. The molecule has 0 spiro atoms. The van der Waals surface area contributed by atoms with E-state index in [9.17, 15) is 0 Å². The zero-order chi connectivity index (χ0) is 8.39. The van der Waals surface area contributed by atoms with Crippen molar-refractivity contribution in [1.29, 1.82) is 0 Å². The number of aromatic nitrogens is 1. The zero-order valence-electron chi connectivity index (χ0n) is 7.16. The van der Waals surface area contributed by atoms with Crippen LogP contribution in [-0.4, -0.2) is 11.0 Å². The van der Waals surface area contributed by atoms with Crippen LogP contribution in [0.5, 0.6) is 0 Å². The van der Waals surface area contributed by atoms with Crippen molar-refractivity contribution in [3.63, 3.8) is 0 Å². The van der Waals surface area contributed by atoms with Gasteiger partial charge in [-0.05, 0) is 46.5 Å². The third kappa shape index (κ3) is 3.63. The molecule has 0 aromatic carbocycles. The van der Waals surface area contributed by atoms with E-state index in [1.54, 1.807) is 0 Å². The van der Waals surface area contributed by atoms with Gasteiger partial charge in [0.05, 0.1) is 0 Å². The van der Waals surface area contributed by atoms with Crippen molar-refractivity contribution < 1.29 is 0 Å². The fraction of sp³-hybridized carbons (Fsp3) is 0.444. The van der Waals surface area contributed by atoms with Crippen molar-refractivity contribution in [1.82, 2.24) is 10.3 Å². The summed E-state index contributed by atoms with van der Waals surface area (Å²) >= 11 is 3.35. The predicted molar refractivity (Wildman–Crippen MR) is 59.0 cm³/mol. The molecule has 0 unspecified atom stereocenters. The van der Waals surface area contributed by atoms with E-state index in [1.165, 1.54) is 18.4 Å². The third-order valence-electron chi connectivity index (χ3n) is 1.96. The van der Waals surface area contributed by atoms with Crippen LogP contribution in [0.25, 0.3) is 0 Å². The van der Waals surface area contributed by atoms with Gasteiger partial charge in [0.2, 0.25) is 0 Å². The molecule has 1 aromatic heterocycles. The number of rotatable bonds is 3. The summed E-state index contributed by atoms with van der Waals surface area (Å²) < 4.78 is 0.914. The van der Waals surface area contributed by atoms with Crippen molar-refractivity contribution in [2.24, 2.45) is 0 Å². The topological polar surface area (TPSA) is 24.9 Å². The first kappa shape index (κ1) is 11.0. The van der Waals surface area contributed by atoms with E-state index in [0.717, 1.165) is 17.2 Å². The average molecular weight is 264 g/mol. The lowest BCUT2D eigenvalue weighted by molar-refractivity contribution is 0.687. The maximum absolute atomic E-state index is 4.07. The Kier molecular flexibility index (Phi) is 4.16. The Hall–Kier alpha value is -0.120. The van der Waals surface area contributed by atoms with E-state index in [-0.39, 0.29) is 12.4 Å². The van der Waals surface area contributed by atoms with Gasteiger partial charge in [-0.25, -0.2) is 4.98 Å². The maximum atomic E-state index is 4.07. The highest BCUT2D eigenvalue weighted by molar-refractivity contribution is 9.10. The van der Waals surface area contributed by atoms with Gasteiger partial charge in [-0.3, -0.25) is 0 Å². The molecule has 1 saturated carbocycles. The number of hydrogen-bond donors (Lipinski definition) is 1. The molecule has 1 fully saturated rings. The zero-order valence-corrected chi connectivity index (χ0v) is 9.57. The number of hydrogen-bond acceptors (Lipinski definition) is 2. The summed E-state index contributed by atoms with van der Waals surface area (Å²) in [5.41, 5.74) is 1.30. The third-order valence-corrected chi connectivity index (χ3v) is 2.40. The molecule has 1 heterocycles. The predicted octanol–water partition coefficient (Wildman–Crippen LogP) is 2.52. The molecule has 0 radical (unpaired) electrons. The van der Waals surface area contributed by atoms with Gasteiger partial charge in [0.15, 0.2) is 0 Å². The second-order valence-electron chi connectivity index (χ2n) is 3.14. The van der Waals surface area contributed by atoms with Crippen molar-refractivity contribution in [3.8, 4) is 0 Å². The highest BCUT2D eigenvalue weighted by Crippen LogP contribution is 2.19. The van der Waals surface area contributed by atoms with E-state index < -0.39 is 0 Å². The van der Waals surface area contributed by atoms with Crippen LogP contribution in [0.15, 0.2) is 22.9 Å². The highest BCUT2D eigenvalue weighted by atomic mass is 79.9. The van der Waals surface area contributed by atoms with Crippen molar-refractivity contribution in [2.75, 3.05) is 0 Å². The molecule has 0 amide bonds. The Labute approximate surface area is 92.7 Å². The molecule has 1 aliphatic rings. The summed E-state index contributed by atoms with van der Waals surface area (Å²) in [5.74, 6) is 0. The lowest BCUT2D eigenvalue weighted by atomic mass is 10.3. The molecule has 72 valence electrons. The molecule has 0 aliphatic heterocycles. The van der Waals surface area contributed by atoms with E-state index in [4.69, 9.17) is 0 Å². The number of halogens is 2. The summed E-state index contributed by atoms with van der Waals surface area (Å²) in [6, 6.07) is 4.87. The molecule has 2 rings (SSSR count). The van der Waals surface area contributed by atoms with Crippen LogP contribution in [0.1, 0.15) is 18.4 Å². The van der Waals surface area contributed by atoms with Crippen molar-refractivity contribution in [2.45, 2.75) is 25.4 Å². The van der Waals surface area contributed by atoms with Gasteiger partial charge < -0.3 is 5.32 Å². The highest BCUT2D eigenvalue weighted by Gasteiger charge is 2.19. The first-order valence-electron chi connectivity index (χ1n) is 4.18. The van der Waals surface area contributed by atoms with Gasteiger partial charge in [0, 0.05) is 18.8 Å². The van der Waals surface area contributed by atoms with Gasteiger partial charge in [0.1, 0.15) is 4.60 Å². The monoisotopic (exact) mass is 262 g/mol. The Morgan fingerprint density at radius 1 is 1.54 bits per heavy atom. The van der Waals surface area contributed by atoms with Crippen LogP contribution in [0.3, 0.4) is 0 Å². The normalized spacial score (nSPS) is 15.2. The van der Waals surface area contributed by atoms with E-state index in [0.29, 0.717) is 0 Å². The summed E-state index contributed by atoms with van der Waals surface area (Å²) in [4.78, 5) is 4.07. The van der Waals surface area contributed by atoms with Crippen LogP contribution in [0, 0.1) is 0 Å². The minimum absolute atomic E-state index is 0. The van der Waals surface area contributed by atoms with Crippen LogP contribution in [0.4, 0.5) is 0 Å². The summed E-state index contributed by atoms with van der Waals surface area (Å²) in [6.45, 7) is 0.964. The van der Waals surface area contributed by atoms with Gasteiger partial charge in [-0.15, -0.1) is 12.4 Å². The second kappa shape index (κ2) is 4.94. The van der Waals surface area contributed by atoms with Crippen LogP contribution >= 0.6 is 28.3 Å². The average Bonchev–Trinajstić information content (AvgIpc) is 2.84. The fourth-order valence-corrected chi connectivity index (χ4v) is 1.51. The van der Waals surface area contributed by atoms with Gasteiger partial charge >= 0.3 is 0 Å². The Balaban J connectivity index is 0.000000845. The van der Waals surface area contributed by atoms with E-state index >= 15 is 0 Å². The number of nitrogens with zero attached hydrogens (tertiary/aromatic N) is 1. The van der Waals surface area contributed by atoms with Crippen molar-refractivity contribution in [3.05, 3.63) is 28.5 Å². The molecular formula is C9H12BrClN2. The summed E-state index contributed by atoms with van der Waals surface area (Å²) in [6.07, 6.45) is 4.51. The van der Waals surface area contributed by atoms with Crippen LogP contribution < -0.4 is 5.32 Å². The molecular weight excluding hydrogens is 251 g/mol. The molecule has 1 aromatic rings. The smallest absolute Gasteiger partial charge is 0.106 e. The van der Waals surface area contributed by atoms with Gasteiger partial charge in [0.25, 0.3) is 0 Å². The van der Waals surface area contributed by atoms with Gasteiger partial charge in [-0.2, -0.15) is 0 Å². The lowest BCUT2D eigenvalue weighted by Crippen LogP contribution is -2.15. The molecule has 1 N–H and O–H groups in total. The SMILES string of the molecule is Brc1cc(CNC2CC2)ccn1.Cl. The van der Waals surface area contributed by atoms with Crippen LogP contribution in [0.2, 0.25) is 0 Å².